The van der Waals surface area contributed by atoms with Crippen LogP contribution in [0.2, 0.25) is 0 Å². The van der Waals surface area contributed by atoms with Crippen LogP contribution < -0.4 is 0 Å². The van der Waals surface area contributed by atoms with E-state index in [1.807, 2.05) is 6.92 Å². The van der Waals surface area contributed by atoms with Crippen LogP contribution in [0.15, 0.2) is 0 Å². The van der Waals surface area contributed by atoms with E-state index in [1.54, 1.807) is 0 Å². The van der Waals surface area contributed by atoms with Crippen molar-refractivity contribution in [3.05, 3.63) is 0 Å². The molecular formula is C19H36O3. The summed E-state index contributed by atoms with van der Waals surface area (Å²) in [6, 6.07) is 0. The van der Waals surface area contributed by atoms with Gasteiger partial charge < -0.3 is 14.6 Å². The maximum Gasteiger partial charge on any atom is 0.154 e. The predicted octanol–water partition coefficient (Wildman–Crippen LogP) is 4.52. The molecule has 1 saturated carbocycles. The lowest BCUT2D eigenvalue weighted by atomic mass is 9.70. The molecule has 1 N–H and O–H groups in total. The Labute approximate surface area is 136 Å². The van der Waals surface area contributed by atoms with E-state index in [4.69, 9.17) is 9.47 Å². The second-order valence-electron chi connectivity index (χ2n) is 8.07. The first-order valence-electron chi connectivity index (χ1n) is 9.39. The van der Waals surface area contributed by atoms with Crippen molar-refractivity contribution >= 4 is 0 Å². The minimum atomic E-state index is -0.599. The zero-order chi connectivity index (χ0) is 16.2. The van der Waals surface area contributed by atoms with E-state index in [1.165, 1.54) is 38.5 Å². The molecule has 1 aliphatic carbocycles. The van der Waals surface area contributed by atoms with Crippen LogP contribution in [0.3, 0.4) is 0 Å². The molecule has 0 spiro atoms. The van der Waals surface area contributed by atoms with Crippen molar-refractivity contribution in [3.8, 4) is 0 Å². The molecule has 2 fully saturated rings. The molecule has 3 nitrogen and oxygen atoms in total. The van der Waals surface area contributed by atoms with Crippen molar-refractivity contribution in [1.82, 2.24) is 0 Å². The summed E-state index contributed by atoms with van der Waals surface area (Å²) in [6.45, 7) is 9.30. The summed E-state index contributed by atoms with van der Waals surface area (Å²) in [5.74, 6) is 1.94. The van der Waals surface area contributed by atoms with Crippen LogP contribution in [0.25, 0.3) is 0 Å². The zero-order valence-corrected chi connectivity index (χ0v) is 15.0. The van der Waals surface area contributed by atoms with E-state index >= 15 is 0 Å². The summed E-state index contributed by atoms with van der Waals surface area (Å²) in [6.07, 6.45) is 9.69. The van der Waals surface area contributed by atoms with Crippen LogP contribution in [-0.2, 0) is 9.47 Å². The Morgan fingerprint density at radius 1 is 1.27 bits per heavy atom. The van der Waals surface area contributed by atoms with Crippen molar-refractivity contribution in [3.63, 3.8) is 0 Å². The predicted molar refractivity (Wildman–Crippen MR) is 89.7 cm³/mol. The standard InChI is InChI=1S/C19H36O3/c1-5-21-18(20)12-14(2)10-11-16-13-15-8-6-7-9-17(15)22-19(16,3)4/h14-18,20H,5-13H2,1-4H3. The van der Waals surface area contributed by atoms with Gasteiger partial charge in [0.25, 0.3) is 0 Å². The van der Waals surface area contributed by atoms with E-state index in [-0.39, 0.29) is 5.60 Å². The van der Waals surface area contributed by atoms with E-state index in [0.29, 0.717) is 24.5 Å². The third-order valence-electron chi connectivity index (χ3n) is 5.84. The van der Waals surface area contributed by atoms with Crippen molar-refractivity contribution in [2.45, 2.75) is 97.1 Å². The normalized spacial score (nSPS) is 34.0. The molecule has 22 heavy (non-hydrogen) atoms. The lowest BCUT2D eigenvalue weighted by Crippen LogP contribution is -2.48. The van der Waals surface area contributed by atoms with E-state index in [9.17, 15) is 5.11 Å². The van der Waals surface area contributed by atoms with Gasteiger partial charge in [-0.15, -0.1) is 0 Å². The number of hydrogen-bond donors (Lipinski definition) is 1. The number of ether oxygens (including phenoxy) is 2. The summed E-state index contributed by atoms with van der Waals surface area (Å²) >= 11 is 0. The smallest absolute Gasteiger partial charge is 0.154 e. The van der Waals surface area contributed by atoms with Gasteiger partial charge in [-0.2, -0.15) is 0 Å². The Balaban J connectivity index is 1.80. The summed E-state index contributed by atoms with van der Waals surface area (Å²) in [4.78, 5) is 0. The molecule has 1 saturated heterocycles. The quantitative estimate of drug-likeness (QED) is 0.702. The SMILES string of the molecule is CCOC(O)CC(C)CCC1CC2CCCCC2OC1(C)C. The molecule has 2 rings (SSSR count). The van der Waals surface area contributed by atoms with Gasteiger partial charge in [-0.05, 0) is 64.2 Å². The molecular weight excluding hydrogens is 276 g/mol. The molecule has 0 bridgehead atoms. The topological polar surface area (TPSA) is 38.7 Å². The van der Waals surface area contributed by atoms with Gasteiger partial charge in [-0.3, -0.25) is 0 Å². The van der Waals surface area contributed by atoms with Crippen LogP contribution in [0.4, 0.5) is 0 Å². The summed E-state index contributed by atoms with van der Waals surface area (Å²) in [5, 5.41) is 9.77. The Bertz CT molecular complexity index is 329. The summed E-state index contributed by atoms with van der Waals surface area (Å²) < 4.78 is 11.7. The molecule has 0 aromatic carbocycles. The molecule has 5 unspecified atom stereocenters. The van der Waals surface area contributed by atoms with Crippen LogP contribution in [0, 0.1) is 17.8 Å². The number of aliphatic hydroxyl groups is 1. The second-order valence-corrected chi connectivity index (χ2v) is 8.07. The first-order chi connectivity index (χ1) is 10.4. The van der Waals surface area contributed by atoms with E-state index in [0.717, 1.165) is 18.8 Å². The molecule has 130 valence electrons. The lowest BCUT2D eigenvalue weighted by Gasteiger charge is -2.49. The van der Waals surface area contributed by atoms with Crippen LogP contribution in [0.1, 0.15) is 79.1 Å². The Morgan fingerprint density at radius 2 is 2.00 bits per heavy atom. The number of rotatable bonds is 7. The van der Waals surface area contributed by atoms with E-state index in [2.05, 4.69) is 20.8 Å². The summed E-state index contributed by atoms with van der Waals surface area (Å²) in [7, 11) is 0. The Hall–Kier alpha value is -0.120. The monoisotopic (exact) mass is 312 g/mol. The molecule has 0 aromatic rings. The third kappa shape index (κ3) is 4.94. The highest BCUT2D eigenvalue weighted by Gasteiger charge is 2.43. The molecule has 5 atom stereocenters. The van der Waals surface area contributed by atoms with Gasteiger partial charge in [0.15, 0.2) is 6.29 Å². The maximum atomic E-state index is 9.77. The minimum Gasteiger partial charge on any atom is -0.372 e. The van der Waals surface area contributed by atoms with Crippen LogP contribution >= 0.6 is 0 Å². The van der Waals surface area contributed by atoms with Gasteiger partial charge >= 0.3 is 0 Å². The first-order valence-corrected chi connectivity index (χ1v) is 9.39. The van der Waals surface area contributed by atoms with Gasteiger partial charge in [0, 0.05) is 13.0 Å². The van der Waals surface area contributed by atoms with Crippen LogP contribution in [-0.4, -0.2) is 29.7 Å². The first kappa shape index (κ1) is 18.2. The van der Waals surface area contributed by atoms with Crippen molar-refractivity contribution in [2.75, 3.05) is 6.61 Å². The average Bonchev–Trinajstić information content (AvgIpc) is 2.44. The zero-order valence-electron chi connectivity index (χ0n) is 15.0. The minimum absolute atomic E-state index is 0.0107. The number of hydrogen-bond acceptors (Lipinski definition) is 3. The fourth-order valence-electron chi connectivity index (χ4n) is 4.41. The third-order valence-corrected chi connectivity index (χ3v) is 5.84. The van der Waals surface area contributed by atoms with Gasteiger partial charge in [0.2, 0.25) is 0 Å². The molecule has 0 aromatic heterocycles. The van der Waals surface area contributed by atoms with Gasteiger partial charge in [0.1, 0.15) is 0 Å². The maximum absolute atomic E-state index is 9.77. The molecule has 0 amide bonds. The highest BCUT2D eigenvalue weighted by Crippen LogP contribution is 2.45. The molecule has 1 aliphatic heterocycles. The summed E-state index contributed by atoms with van der Waals surface area (Å²) in [5.41, 5.74) is 0.0107. The fourth-order valence-corrected chi connectivity index (χ4v) is 4.41. The second kappa shape index (κ2) is 8.12. The highest BCUT2D eigenvalue weighted by atomic mass is 16.6. The Kier molecular flexibility index (Phi) is 6.73. The molecule has 2 aliphatic rings. The molecule has 3 heteroatoms. The van der Waals surface area contributed by atoms with Crippen molar-refractivity contribution in [2.24, 2.45) is 17.8 Å². The van der Waals surface area contributed by atoms with Crippen LogP contribution in [0.5, 0.6) is 0 Å². The molecule has 0 radical (unpaired) electrons. The van der Waals surface area contributed by atoms with Gasteiger partial charge in [-0.1, -0.05) is 26.2 Å². The van der Waals surface area contributed by atoms with Crippen molar-refractivity contribution < 1.29 is 14.6 Å². The van der Waals surface area contributed by atoms with Gasteiger partial charge in [-0.25, -0.2) is 0 Å². The highest BCUT2D eigenvalue weighted by molar-refractivity contribution is 4.92. The largest absolute Gasteiger partial charge is 0.372 e. The lowest BCUT2D eigenvalue weighted by molar-refractivity contribution is -0.180. The average molecular weight is 312 g/mol. The molecule has 1 heterocycles. The number of aliphatic hydroxyl groups excluding tert-OH is 1. The Morgan fingerprint density at radius 3 is 2.73 bits per heavy atom. The van der Waals surface area contributed by atoms with Crippen molar-refractivity contribution in [1.29, 1.82) is 0 Å². The number of fused-ring (bicyclic) bond motifs is 1. The van der Waals surface area contributed by atoms with Gasteiger partial charge in [0.05, 0.1) is 11.7 Å². The van der Waals surface area contributed by atoms with E-state index < -0.39 is 6.29 Å². The fraction of sp³-hybridized carbons (Fsp3) is 1.00.